The average Bonchev–Trinajstić information content (AvgIpc) is 2.49. The first-order chi connectivity index (χ1) is 5.65. The van der Waals surface area contributed by atoms with E-state index in [2.05, 4.69) is 9.97 Å². The van der Waals surface area contributed by atoms with Crippen molar-refractivity contribution in [1.82, 2.24) is 15.0 Å². The van der Waals surface area contributed by atoms with Crippen molar-refractivity contribution in [3.05, 3.63) is 16.7 Å². The minimum atomic E-state index is -0.273. The number of hydrogen-bond donors (Lipinski definition) is 2. The molecule has 0 unspecified atom stereocenters. The van der Waals surface area contributed by atoms with Crippen molar-refractivity contribution in [2.45, 2.75) is 0 Å². The molecule has 1 heterocycles. The van der Waals surface area contributed by atoms with Crippen LogP contribution in [0, 0.1) is 4.77 Å². The Morgan fingerprint density at radius 2 is 2.42 bits per heavy atom. The van der Waals surface area contributed by atoms with Crippen LogP contribution in [0.15, 0.2) is 6.20 Å². The molecule has 6 heteroatoms. The van der Waals surface area contributed by atoms with Gasteiger partial charge in [0, 0.05) is 13.2 Å². The lowest BCUT2D eigenvalue weighted by Gasteiger charge is -2.11. The summed E-state index contributed by atoms with van der Waals surface area (Å²) in [5.41, 5.74) is 0.379. The van der Waals surface area contributed by atoms with Crippen LogP contribution in [0.2, 0.25) is 0 Å². The zero-order valence-corrected chi connectivity index (χ0v) is 7.57. The fraction of sp³-hybridized carbons (Fsp3) is 0.333. The maximum absolute atomic E-state index is 11.3. The second-order valence-electron chi connectivity index (χ2n) is 2.14. The number of nitrogens with one attached hydrogen (secondary N) is 2. The Hall–Kier alpha value is -1.14. The summed E-state index contributed by atoms with van der Waals surface area (Å²) in [6.45, 7) is 0. The number of nitrogens with zero attached hydrogens (tertiary/aromatic N) is 1. The number of carbonyl (C=O) groups is 1. The number of H-pyrrole nitrogens is 2. The van der Waals surface area contributed by atoms with Crippen LogP contribution in [0.4, 0.5) is 0 Å². The van der Waals surface area contributed by atoms with Crippen molar-refractivity contribution in [1.29, 1.82) is 0 Å². The third-order valence-corrected chi connectivity index (χ3v) is 1.61. The maximum atomic E-state index is 11.3. The second kappa shape index (κ2) is 3.51. The Bertz CT molecular complexity index is 330. The first-order valence-corrected chi connectivity index (χ1v) is 3.66. The molecule has 1 aromatic heterocycles. The van der Waals surface area contributed by atoms with Crippen LogP contribution in [0.3, 0.4) is 0 Å². The summed E-state index contributed by atoms with van der Waals surface area (Å²) < 4.78 is 0.419. The Morgan fingerprint density at radius 3 is 2.83 bits per heavy atom. The molecule has 0 spiro atoms. The van der Waals surface area contributed by atoms with Gasteiger partial charge in [0.15, 0.2) is 4.77 Å². The zero-order chi connectivity index (χ0) is 9.14. The molecule has 2 N–H and O–H groups in total. The standard InChI is InChI=1S/C6H9N3O2S/c1-9(11-2)5(10)4-3-7-6(12)8-4/h3H,1-2H3,(H2,7,8,12). The predicted octanol–water partition coefficient (Wildman–Crippen LogP) is 0.706. The molecular weight excluding hydrogens is 178 g/mol. The van der Waals surface area contributed by atoms with Crippen molar-refractivity contribution in [3.8, 4) is 0 Å². The van der Waals surface area contributed by atoms with E-state index in [1.165, 1.54) is 20.4 Å². The van der Waals surface area contributed by atoms with Crippen LogP contribution in [0.5, 0.6) is 0 Å². The van der Waals surface area contributed by atoms with Gasteiger partial charge in [-0.1, -0.05) is 0 Å². The molecular formula is C6H9N3O2S. The summed E-state index contributed by atoms with van der Waals surface area (Å²) in [5.74, 6) is -0.273. The molecule has 5 nitrogen and oxygen atoms in total. The molecule has 0 saturated carbocycles. The van der Waals surface area contributed by atoms with E-state index in [1.807, 2.05) is 0 Å². The van der Waals surface area contributed by atoms with Crippen LogP contribution in [0.1, 0.15) is 10.5 Å². The van der Waals surface area contributed by atoms with Crippen molar-refractivity contribution in [2.75, 3.05) is 14.2 Å². The molecule has 0 aliphatic heterocycles. The number of aromatic nitrogens is 2. The van der Waals surface area contributed by atoms with Gasteiger partial charge in [0.1, 0.15) is 5.69 Å². The fourth-order valence-electron chi connectivity index (χ4n) is 0.700. The number of hydrogen-bond acceptors (Lipinski definition) is 3. The Kier molecular flexibility index (Phi) is 2.61. The molecule has 0 aliphatic carbocycles. The lowest BCUT2D eigenvalue weighted by molar-refractivity contribution is -0.0760. The second-order valence-corrected chi connectivity index (χ2v) is 2.55. The minimum absolute atomic E-state index is 0.273. The molecule has 1 amide bonds. The van der Waals surface area contributed by atoms with Gasteiger partial charge < -0.3 is 9.97 Å². The number of aromatic amines is 2. The van der Waals surface area contributed by atoms with Crippen LogP contribution >= 0.6 is 12.2 Å². The summed E-state index contributed by atoms with van der Waals surface area (Å²) >= 11 is 4.75. The van der Waals surface area contributed by atoms with Crippen LogP contribution in [-0.4, -0.2) is 35.1 Å². The number of rotatable bonds is 2. The van der Waals surface area contributed by atoms with E-state index in [9.17, 15) is 4.79 Å². The summed E-state index contributed by atoms with van der Waals surface area (Å²) in [5, 5.41) is 1.11. The first-order valence-electron chi connectivity index (χ1n) is 3.25. The molecule has 0 fully saturated rings. The van der Waals surface area contributed by atoms with E-state index in [1.54, 1.807) is 0 Å². The number of amides is 1. The van der Waals surface area contributed by atoms with Gasteiger partial charge in [-0.2, -0.15) is 0 Å². The van der Waals surface area contributed by atoms with Gasteiger partial charge >= 0.3 is 0 Å². The van der Waals surface area contributed by atoms with E-state index in [-0.39, 0.29) is 5.91 Å². The highest BCUT2D eigenvalue weighted by Crippen LogP contribution is 1.98. The summed E-state index contributed by atoms with van der Waals surface area (Å²) in [7, 11) is 2.94. The molecule has 0 radical (unpaired) electrons. The molecule has 12 heavy (non-hydrogen) atoms. The molecule has 0 aliphatic rings. The highest BCUT2D eigenvalue weighted by Gasteiger charge is 2.11. The Labute approximate surface area is 74.3 Å². The SMILES string of the molecule is CON(C)C(=O)c1c[nH]c(=S)[nH]1. The van der Waals surface area contributed by atoms with E-state index >= 15 is 0 Å². The van der Waals surface area contributed by atoms with Crippen LogP contribution in [-0.2, 0) is 4.84 Å². The van der Waals surface area contributed by atoms with Gasteiger partial charge in [0.25, 0.3) is 5.91 Å². The topological polar surface area (TPSA) is 61.1 Å². The molecule has 66 valence electrons. The van der Waals surface area contributed by atoms with Gasteiger partial charge in [0.05, 0.1) is 7.11 Å². The molecule has 1 rings (SSSR count). The third kappa shape index (κ3) is 1.72. The molecule has 0 aromatic carbocycles. The first kappa shape index (κ1) is 8.95. The number of hydroxylamine groups is 2. The normalized spacial score (nSPS) is 9.83. The molecule has 0 saturated heterocycles. The van der Waals surface area contributed by atoms with Crippen molar-refractivity contribution < 1.29 is 9.63 Å². The van der Waals surface area contributed by atoms with Gasteiger partial charge in [-0.15, -0.1) is 0 Å². The predicted molar refractivity (Wildman–Crippen MR) is 45.1 cm³/mol. The van der Waals surface area contributed by atoms with Crippen LogP contribution in [0.25, 0.3) is 0 Å². The van der Waals surface area contributed by atoms with Gasteiger partial charge in [-0.05, 0) is 12.2 Å². The number of imidazole rings is 1. The van der Waals surface area contributed by atoms with Crippen LogP contribution < -0.4 is 0 Å². The van der Waals surface area contributed by atoms with Crippen molar-refractivity contribution >= 4 is 18.1 Å². The lowest BCUT2D eigenvalue weighted by Crippen LogP contribution is -2.25. The van der Waals surface area contributed by atoms with Gasteiger partial charge in [-0.3, -0.25) is 9.63 Å². The van der Waals surface area contributed by atoms with E-state index in [0.29, 0.717) is 10.5 Å². The highest BCUT2D eigenvalue weighted by molar-refractivity contribution is 7.71. The molecule has 1 aromatic rings. The van der Waals surface area contributed by atoms with Gasteiger partial charge in [-0.25, -0.2) is 5.06 Å². The quantitative estimate of drug-likeness (QED) is 0.529. The van der Waals surface area contributed by atoms with E-state index < -0.39 is 0 Å². The van der Waals surface area contributed by atoms with Crippen molar-refractivity contribution in [3.63, 3.8) is 0 Å². The molecule has 0 atom stereocenters. The highest BCUT2D eigenvalue weighted by atomic mass is 32.1. The Balaban J connectivity index is 2.85. The third-order valence-electron chi connectivity index (χ3n) is 1.39. The summed E-state index contributed by atoms with van der Waals surface area (Å²) in [6.07, 6.45) is 1.50. The smallest absolute Gasteiger partial charge is 0.295 e. The monoisotopic (exact) mass is 187 g/mol. The summed E-state index contributed by atoms with van der Waals surface area (Å²) in [6, 6.07) is 0. The molecule has 0 bridgehead atoms. The van der Waals surface area contributed by atoms with Crippen molar-refractivity contribution in [2.24, 2.45) is 0 Å². The minimum Gasteiger partial charge on any atom is -0.337 e. The Morgan fingerprint density at radius 1 is 1.75 bits per heavy atom. The average molecular weight is 187 g/mol. The maximum Gasteiger partial charge on any atom is 0.295 e. The largest absolute Gasteiger partial charge is 0.337 e. The van der Waals surface area contributed by atoms with E-state index in [0.717, 1.165) is 5.06 Å². The summed E-state index contributed by atoms with van der Waals surface area (Å²) in [4.78, 5) is 21.3. The van der Waals surface area contributed by atoms with E-state index in [4.69, 9.17) is 17.1 Å². The zero-order valence-electron chi connectivity index (χ0n) is 6.75. The van der Waals surface area contributed by atoms with Gasteiger partial charge in [0.2, 0.25) is 0 Å². The fourth-order valence-corrected chi connectivity index (χ4v) is 0.869. The number of carbonyl (C=O) groups excluding carboxylic acids is 1. The lowest BCUT2D eigenvalue weighted by atomic mass is 10.4.